The number of para-hydroxylation sites is 1. The van der Waals surface area contributed by atoms with E-state index >= 15 is 0 Å². The minimum Gasteiger partial charge on any atom is -0.343 e. The van der Waals surface area contributed by atoms with Crippen LogP contribution in [0.3, 0.4) is 0 Å². The highest BCUT2D eigenvalue weighted by Gasteiger charge is 2.22. The number of hydrogen-bond acceptors (Lipinski definition) is 4. The van der Waals surface area contributed by atoms with Gasteiger partial charge in [-0.1, -0.05) is 6.07 Å². The summed E-state index contributed by atoms with van der Waals surface area (Å²) in [6, 6.07) is 5.11. The van der Waals surface area contributed by atoms with Crippen molar-refractivity contribution in [3.05, 3.63) is 52.1 Å². The molecule has 1 aromatic heterocycles. The van der Waals surface area contributed by atoms with Crippen LogP contribution in [-0.4, -0.2) is 39.6 Å². The van der Waals surface area contributed by atoms with E-state index in [2.05, 4.69) is 5.10 Å². The standard InChI is InChI=1S/C12H11FN4O3/c1-15(2)12(18)9-6-7-16(14-9)10-5-3-4-8(13)11(10)17(19)20/h3-7H,1-2H3. The third kappa shape index (κ3) is 2.35. The Morgan fingerprint density at radius 2 is 2.10 bits per heavy atom. The Morgan fingerprint density at radius 1 is 1.40 bits per heavy atom. The fourth-order valence-corrected chi connectivity index (χ4v) is 1.67. The Balaban J connectivity index is 2.51. The largest absolute Gasteiger partial charge is 0.343 e. The molecule has 0 N–H and O–H groups in total. The van der Waals surface area contributed by atoms with Crippen LogP contribution in [0, 0.1) is 15.9 Å². The molecule has 7 nitrogen and oxygen atoms in total. The zero-order valence-corrected chi connectivity index (χ0v) is 10.8. The molecule has 0 unspecified atom stereocenters. The van der Waals surface area contributed by atoms with Crippen LogP contribution in [0.1, 0.15) is 10.5 Å². The number of carbonyl (C=O) groups excluding carboxylic acids is 1. The molecule has 0 radical (unpaired) electrons. The quantitative estimate of drug-likeness (QED) is 0.631. The van der Waals surface area contributed by atoms with E-state index in [4.69, 9.17) is 0 Å². The Kier molecular flexibility index (Phi) is 3.47. The van der Waals surface area contributed by atoms with E-state index in [9.17, 15) is 19.3 Å². The second-order valence-corrected chi connectivity index (χ2v) is 4.21. The summed E-state index contributed by atoms with van der Waals surface area (Å²) in [5, 5.41) is 14.9. The third-order valence-corrected chi connectivity index (χ3v) is 2.61. The van der Waals surface area contributed by atoms with Gasteiger partial charge in [-0.2, -0.15) is 9.49 Å². The molecule has 0 spiro atoms. The number of nitro benzene ring substituents is 1. The summed E-state index contributed by atoms with van der Waals surface area (Å²) >= 11 is 0. The van der Waals surface area contributed by atoms with Gasteiger partial charge in [-0.3, -0.25) is 14.9 Å². The summed E-state index contributed by atoms with van der Waals surface area (Å²) in [5.41, 5.74) is -0.596. The van der Waals surface area contributed by atoms with Crippen LogP contribution in [0.5, 0.6) is 0 Å². The first kappa shape index (κ1) is 13.7. The lowest BCUT2D eigenvalue weighted by Gasteiger charge is -2.07. The molecule has 0 aliphatic carbocycles. The number of rotatable bonds is 3. The maximum atomic E-state index is 13.5. The predicted octanol–water partition coefficient (Wildman–Crippen LogP) is 1.62. The Hall–Kier alpha value is -2.77. The molecular formula is C12H11FN4O3. The molecule has 0 saturated carbocycles. The average Bonchev–Trinajstić information content (AvgIpc) is 2.86. The van der Waals surface area contributed by atoms with Gasteiger partial charge in [-0.05, 0) is 18.2 Å². The summed E-state index contributed by atoms with van der Waals surface area (Å²) in [5.74, 6) is -1.30. The zero-order chi connectivity index (χ0) is 14.9. The van der Waals surface area contributed by atoms with Gasteiger partial charge in [0.15, 0.2) is 5.69 Å². The first-order valence-electron chi connectivity index (χ1n) is 5.62. The van der Waals surface area contributed by atoms with E-state index in [1.165, 1.54) is 29.3 Å². The van der Waals surface area contributed by atoms with Gasteiger partial charge in [0.05, 0.1) is 4.92 Å². The molecule has 0 saturated heterocycles. The Bertz CT molecular complexity index is 681. The average molecular weight is 278 g/mol. The highest BCUT2D eigenvalue weighted by Crippen LogP contribution is 2.25. The van der Waals surface area contributed by atoms with Crippen molar-refractivity contribution < 1.29 is 14.1 Å². The fourth-order valence-electron chi connectivity index (χ4n) is 1.67. The van der Waals surface area contributed by atoms with Crippen molar-refractivity contribution >= 4 is 11.6 Å². The van der Waals surface area contributed by atoms with Gasteiger partial charge in [-0.15, -0.1) is 0 Å². The van der Waals surface area contributed by atoms with Crippen LogP contribution in [0.4, 0.5) is 10.1 Å². The SMILES string of the molecule is CN(C)C(=O)c1ccn(-c2cccc(F)c2[N+](=O)[O-])n1. The maximum absolute atomic E-state index is 13.5. The van der Waals surface area contributed by atoms with Crippen molar-refractivity contribution in [2.45, 2.75) is 0 Å². The van der Waals surface area contributed by atoms with Gasteiger partial charge in [0.1, 0.15) is 5.69 Å². The predicted molar refractivity (Wildman–Crippen MR) is 68.2 cm³/mol. The number of carbonyl (C=O) groups is 1. The summed E-state index contributed by atoms with van der Waals surface area (Å²) in [7, 11) is 3.12. The molecule has 1 aromatic carbocycles. The van der Waals surface area contributed by atoms with Gasteiger partial charge in [-0.25, -0.2) is 4.68 Å². The molecule has 20 heavy (non-hydrogen) atoms. The molecule has 0 aliphatic heterocycles. The van der Waals surface area contributed by atoms with Crippen LogP contribution in [-0.2, 0) is 0 Å². The molecule has 2 rings (SSSR count). The van der Waals surface area contributed by atoms with Crippen molar-refractivity contribution in [2.75, 3.05) is 14.1 Å². The zero-order valence-electron chi connectivity index (χ0n) is 10.8. The van der Waals surface area contributed by atoms with E-state index < -0.39 is 16.4 Å². The third-order valence-electron chi connectivity index (χ3n) is 2.61. The van der Waals surface area contributed by atoms with E-state index in [1.807, 2.05) is 0 Å². The topological polar surface area (TPSA) is 81.3 Å². The first-order valence-corrected chi connectivity index (χ1v) is 5.62. The monoisotopic (exact) mass is 278 g/mol. The molecule has 0 fully saturated rings. The minimum absolute atomic E-state index is 0.0344. The number of aromatic nitrogens is 2. The normalized spacial score (nSPS) is 10.3. The molecule has 0 atom stereocenters. The minimum atomic E-state index is -0.955. The van der Waals surface area contributed by atoms with Crippen molar-refractivity contribution in [3.8, 4) is 5.69 Å². The maximum Gasteiger partial charge on any atom is 0.330 e. The summed E-state index contributed by atoms with van der Waals surface area (Å²) in [4.78, 5) is 23.1. The fraction of sp³-hybridized carbons (Fsp3) is 0.167. The number of benzene rings is 1. The van der Waals surface area contributed by atoms with E-state index in [0.717, 1.165) is 10.7 Å². The van der Waals surface area contributed by atoms with Gasteiger partial charge >= 0.3 is 5.69 Å². The smallest absolute Gasteiger partial charge is 0.330 e. The molecule has 8 heteroatoms. The van der Waals surface area contributed by atoms with Gasteiger partial charge in [0.25, 0.3) is 5.91 Å². The van der Waals surface area contributed by atoms with Gasteiger partial charge in [0.2, 0.25) is 5.82 Å². The number of nitrogens with zero attached hydrogens (tertiary/aromatic N) is 4. The number of hydrogen-bond donors (Lipinski definition) is 0. The number of halogens is 1. The van der Waals surface area contributed by atoms with Crippen LogP contribution in [0.25, 0.3) is 5.69 Å². The van der Waals surface area contributed by atoms with Crippen LogP contribution < -0.4 is 0 Å². The molecular weight excluding hydrogens is 267 g/mol. The van der Waals surface area contributed by atoms with Crippen LogP contribution >= 0.6 is 0 Å². The number of amides is 1. The van der Waals surface area contributed by atoms with E-state index in [1.54, 1.807) is 14.1 Å². The number of nitro groups is 1. The first-order chi connectivity index (χ1) is 9.41. The van der Waals surface area contributed by atoms with Crippen LogP contribution in [0.15, 0.2) is 30.5 Å². The highest BCUT2D eigenvalue weighted by molar-refractivity contribution is 5.91. The molecule has 104 valence electrons. The van der Waals surface area contributed by atoms with E-state index in [-0.39, 0.29) is 17.3 Å². The summed E-state index contributed by atoms with van der Waals surface area (Å²) in [6.07, 6.45) is 1.37. The van der Waals surface area contributed by atoms with Gasteiger partial charge in [0, 0.05) is 20.3 Å². The van der Waals surface area contributed by atoms with Crippen LogP contribution in [0.2, 0.25) is 0 Å². The lowest BCUT2D eigenvalue weighted by Crippen LogP contribution is -2.22. The summed E-state index contributed by atoms with van der Waals surface area (Å²) in [6.45, 7) is 0. The lowest BCUT2D eigenvalue weighted by molar-refractivity contribution is -0.387. The Morgan fingerprint density at radius 3 is 2.70 bits per heavy atom. The molecule has 1 heterocycles. The van der Waals surface area contributed by atoms with Crippen molar-refractivity contribution in [3.63, 3.8) is 0 Å². The lowest BCUT2D eigenvalue weighted by atomic mass is 10.2. The van der Waals surface area contributed by atoms with Crippen molar-refractivity contribution in [2.24, 2.45) is 0 Å². The van der Waals surface area contributed by atoms with E-state index in [0.29, 0.717) is 0 Å². The molecule has 0 aliphatic rings. The highest BCUT2D eigenvalue weighted by atomic mass is 19.1. The second-order valence-electron chi connectivity index (χ2n) is 4.21. The van der Waals surface area contributed by atoms with Crippen molar-refractivity contribution in [1.29, 1.82) is 0 Å². The Labute approximate surface area is 113 Å². The van der Waals surface area contributed by atoms with Crippen molar-refractivity contribution in [1.82, 2.24) is 14.7 Å². The molecule has 1 amide bonds. The molecule has 2 aromatic rings. The molecule has 0 bridgehead atoms. The summed E-state index contributed by atoms with van der Waals surface area (Å²) < 4.78 is 14.6. The van der Waals surface area contributed by atoms with Gasteiger partial charge < -0.3 is 4.90 Å². The second kappa shape index (κ2) is 5.08.